The van der Waals surface area contributed by atoms with Crippen molar-refractivity contribution in [3.05, 3.63) is 49.3 Å². The topological polar surface area (TPSA) is 50.9 Å². The lowest BCUT2D eigenvalue weighted by Crippen LogP contribution is -2.29. The molecule has 0 aliphatic carbocycles. The van der Waals surface area contributed by atoms with Gasteiger partial charge in [0.2, 0.25) is 0 Å². The molecule has 0 saturated heterocycles. The molecule has 6 heteroatoms. The van der Waals surface area contributed by atoms with Gasteiger partial charge in [0.25, 0.3) is 0 Å². The van der Waals surface area contributed by atoms with Gasteiger partial charge in [-0.25, -0.2) is 4.98 Å². The van der Waals surface area contributed by atoms with Crippen molar-refractivity contribution in [2.45, 2.75) is 19.4 Å². The molecular weight excluding hydrogens is 334 g/mol. The number of nitrogens with two attached hydrogens (primary N) is 1. The second-order valence-electron chi connectivity index (χ2n) is 3.94. The fraction of sp³-hybridized carbons (Fsp3) is 0.250. The van der Waals surface area contributed by atoms with Gasteiger partial charge in [-0.1, -0.05) is 33.6 Å². The number of halogens is 2. The van der Waals surface area contributed by atoms with Crippen molar-refractivity contribution in [2.24, 2.45) is 5.84 Å². The number of benzene rings is 1. The van der Waals surface area contributed by atoms with E-state index in [-0.39, 0.29) is 6.04 Å². The molecule has 0 aliphatic rings. The van der Waals surface area contributed by atoms with Crippen LogP contribution in [0.15, 0.2) is 28.9 Å². The van der Waals surface area contributed by atoms with Crippen molar-refractivity contribution >= 4 is 38.9 Å². The lowest BCUT2D eigenvalue weighted by Gasteiger charge is -2.14. The number of hydrogen-bond donors (Lipinski definition) is 2. The summed E-state index contributed by atoms with van der Waals surface area (Å²) in [6.45, 7) is 1.98. The van der Waals surface area contributed by atoms with E-state index >= 15 is 0 Å². The first-order valence-electron chi connectivity index (χ1n) is 5.42. The summed E-state index contributed by atoms with van der Waals surface area (Å²) in [5.41, 5.74) is 3.89. The molecule has 18 heavy (non-hydrogen) atoms. The van der Waals surface area contributed by atoms with Crippen LogP contribution in [-0.4, -0.2) is 4.98 Å². The molecule has 1 unspecified atom stereocenters. The molecule has 1 aromatic carbocycles. The molecular formula is C12H13BrClN3S. The van der Waals surface area contributed by atoms with Crippen LogP contribution in [0.1, 0.15) is 21.5 Å². The highest BCUT2D eigenvalue weighted by Crippen LogP contribution is 2.28. The Bertz CT molecular complexity index is 544. The van der Waals surface area contributed by atoms with Crippen LogP contribution >= 0.6 is 38.9 Å². The molecule has 0 aliphatic heterocycles. The lowest BCUT2D eigenvalue weighted by molar-refractivity contribution is 0.560. The smallest absolute Gasteiger partial charge is 0.0897 e. The Balaban J connectivity index is 2.20. The summed E-state index contributed by atoms with van der Waals surface area (Å²) in [6.07, 6.45) is 2.60. The Morgan fingerprint density at radius 1 is 1.56 bits per heavy atom. The number of hydrazine groups is 1. The molecule has 1 aromatic heterocycles. The van der Waals surface area contributed by atoms with E-state index in [9.17, 15) is 0 Å². The molecule has 1 atom stereocenters. The first kappa shape index (κ1) is 14.0. The predicted molar refractivity (Wildman–Crippen MR) is 79.8 cm³/mol. The van der Waals surface area contributed by atoms with Gasteiger partial charge >= 0.3 is 0 Å². The first-order valence-corrected chi connectivity index (χ1v) is 7.41. The van der Waals surface area contributed by atoms with Gasteiger partial charge in [0, 0.05) is 20.6 Å². The number of nitrogens with zero attached hydrogens (tertiary/aromatic N) is 1. The van der Waals surface area contributed by atoms with Gasteiger partial charge in [0.05, 0.1) is 11.0 Å². The van der Waals surface area contributed by atoms with Crippen molar-refractivity contribution in [3.8, 4) is 0 Å². The van der Waals surface area contributed by atoms with Crippen LogP contribution in [0.3, 0.4) is 0 Å². The van der Waals surface area contributed by atoms with Crippen LogP contribution < -0.4 is 11.3 Å². The number of hydrogen-bond acceptors (Lipinski definition) is 4. The Hall–Kier alpha value is -0.460. The minimum Gasteiger partial charge on any atom is -0.271 e. The summed E-state index contributed by atoms with van der Waals surface area (Å²) in [7, 11) is 0. The van der Waals surface area contributed by atoms with Crippen LogP contribution in [0.4, 0.5) is 0 Å². The Morgan fingerprint density at radius 3 is 2.89 bits per heavy atom. The van der Waals surface area contributed by atoms with E-state index in [1.807, 2.05) is 31.3 Å². The predicted octanol–water partition coefficient (Wildman–Crippen LogP) is 3.61. The zero-order valence-electron chi connectivity index (χ0n) is 9.78. The maximum atomic E-state index is 6.21. The number of nitrogens with one attached hydrogen (secondary N) is 1. The summed E-state index contributed by atoms with van der Waals surface area (Å²) in [4.78, 5) is 5.37. The summed E-state index contributed by atoms with van der Waals surface area (Å²) >= 11 is 11.3. The molecule has 0 amide bonds. The molecule has 3 N–H and O–H groups in total. The number of thiazole rings is 1. The third-order valence-electron chi connectivity index (χ3n) is 2.62. The van der Waals surface area contributed by atoms with Crippen LogP contribution in [0.2, 0.25) is 5.02 Å². The zero-order chi connectivity index (χ0) is 13.1. The Labute approximate surface area is 123 Å². The molecule has 0 bridgehead atoms. The van der Waals surface area contributed by atoms with Gasteiger partial charge in [-0.15, -0.1) is 11.3 Å². The highest BCUT2D eigenvalue weighted by atomic mass is 79.9. The van der Waals surface area contributed by atoms with Crippen LogP contribution in [0, 0.1) is 6.92 Å². The van der Waals surface area contributed by atoms with E-state index in [1.165, 1.54) is 0 Å². The number of aryl methyl sites for hydroxylation is 1. The van der Waals surface area contributed by atoms with E-state index in [0.29, 0.717) is 0 Å². The van der Waals surface area contributed by atoms with Crippen molar-refractivity contribution in [3.63, 3.8) is 0 Å². The summed E-state index contributed by atoms with van der Waals surface area (Å²) in [5, 5.41) is 1.78. The maximum Gasteiger partial charge on any atom is 0.0897 e. The quantitative estimate of drug-likeness (QED) is 0.657. The summed E-state index contributed by atoms with van der Waals surface area (Å²) in [5.74, 6) is 5.62. The zero-order valence-corrected chi connectivity index (χ0v) is 12.9. The van der Waals surface area contributed by atoms with E-state index in [2.05, 4.69) is 26.3 Å². The number of aromatic nitrogens is 1. The van der Waals surface area contributed by atoms with Gasteiger partial charge in [-0.3, -0.25) is 11.3 Å². The van der Waals surface area contributed by atoms with E-state index in [0.717, 1.165) is 31.4 Å². The van der Waals surface area contributed by atoms with E-state index in [4.69, 9.17) is 17.4 Å². The Morgan fingerprint density at radius 2 is 2.33 bits per heavy atom. The fourth-order valence-electron chi connectivity index (χ4n) is 1.69. The van der Waals surface area contributed by atoms with Gasteiger partial charge in [-0.2, -0.15) is 0 Å². The third-order valence-corrected chi connectivity index (χ3v) is 4.49. The van der Waals surface area contributed by atoms with Gasteiger partial charge in [-0.05, 0) is 31.0 Å². The average molecular weight is 347 g/mol. The summed E-state index contributed by atoms with van der Waals surface area (Å²) in [6, 6.07) is 5.91. The molecule has 0 radical (unpaired) electrons. The second-order valence-corrected chi connectivity index (χ2v) is 6.53. The van der Waals surface area contributed by atoms with E-state index < -0.39 is 0 Å². The van der Waals surface area contributed by atoms with Crippen molar-refractivity contribution in [1.82, 2.24) is 10.4 Å². The lowest BCUT2D eigenvalue weighted by atomic mass is 10.1. The Kier molecular flexibility index (Phi) is 4.75. The summed E-state index contributed by atoms with van der Waals surface area (Å²) < 4.78 is 0.974. The van der Waals surface area contributed by atoms with Crippen molar-refractivity contribution in [1.29, 1.82) is 0 Å². The number of rotatable bonds is 4. The van der Waals surface area contributed by atoms with Crippen molar-refractivity contribution in [2.75, 3.05) is 0 Å². The average Bonchev–Trinajstić information content (AvgIpc) is 2.75. The highest BCUT2D eigenvalue weighted by Gasteiger charge is 2.15. The maximum absolute atomic E-state index is 6.21. The standard InChI is InChI=1S/C12H13BrClN3S/c1-7-16-6-12(18-7)11(17-15)4-8-2-3-9(13)5-10(8)14/h2-3,5-6,11,17H,4,15H2,1H3. The van der Waals surface area contributed by atoms with Crippen molar-refractivity contribution < 1.29 is 0 Å². The SMILES string of the molecule is Cc1ncc(C(Cc2ccc(Br)cc2Cl)NN)s1. The fourth-order valence-corrected chi connectivity index (χ4v) is 3.28. The van der Waals surface area contributed by atoms with Crippen LogP contribution in [0.25, 0.3) is 0 Å². The van der Waals surface area contributed by atoms with Gasteiger partial charge in [0.1, 0.15) is 0 Å². The van der Waals surface area contributed by atoms with Gasteiger partial charge < -0.3 is 0 Å². The molecule has 0 saturated carbocycles. The largest absolute Gasteiger partial charge is 0.271 e. The molecule has 0 fully saturated rings. The minimum absolute atomic E-state index is 0.0369. The first-order chi connectivity index (χ1) is 8.60. The van der Waals surface area contributed by atoms with Crippen LogP contribution in [0.5, 0.6) is 0 Å². The molecule has 0 spiro atoms. The minimum atomic E-state index is 0.0369. The molecule has 3 nitrogen and oxygen atoms in total. The normalized spacial score (nSPS) is 12.7. The van der Waals surface area contributed by atoms with Crippen LogP contribution in [-0.2, 0) is 6.42 Å². The highest BCUT2D eigenvalue weighted by molar-refractivity contribution is 9.10. The second kappa shape index (κ2) is 6.12. The van der Waals surface area contributed by atoms with Gasteiger partial charge in [0.15, 0.2) is 0 Å². The molecule has 1 heterocycles. The monoisotopic (exact) mass is 345 g/mol. The molecule has 2 aromatic rings. The molecule has 96 valence electrons. The third kappa shape index (κ3) is 3.30. The molecule has 2 rings (SSSR count). The van der Waals surface area contributed by atoms with E-state index in [1.54, 1.807) is 11.3 Å².